The second kappa shape index (κ2) is 6.17. The van der Waals surface area contributed by atoms with Crippen LogP contribution < -0.4 is 15.3 Å². The summed E-state index contributed by atoms with van der Waals surface area (Å²) in [5.41, 5.74) is 0.408. The maximum Gasteiger partial charge on any atom is 0.244 e. The zero-order chi connectivity index (χ0) is 19.3. The fraction of sp³-hybridized carbons (Fsp3) is 0.211. The highest BCUT2D eigenvalue weighted by atomic mass is 19.1. The molecule has 2 aliphatic heterocycles. The predicted octanol–water partition coefficient (Wildman–Crippen LogP) is -0.926. The van der Waals surface area contributed by atoms with E-state index in [4.69, 9.17) is 0 Å². The molecule has 8 heteroatoms. The number of phenolic OH excluding ortho intramolecular Hbond substituents is 1. The SMILES string of the molecule is O=C([O-])[C@@H]1[NH2+][C@@H](c2ccccc2O)[C@H]2C(=O)N(c3cccc(F)c3)C(=O)[C@@H]21. The first-order valence-electron chi connectivity index (χ1n) is 8.37. The molecule has 3 N–H and O–H groups in total. The molecule has 4 rings (SSSR count). The molecule has 2 aromatic rings. The van der Waals surface area contributed by atoms with Gasteiger partial charge in [0.1, 0.15) is 41.5 Å². The molecule has 7 nitrogen and oxygen atoms in total. The number of hydrogen-bond donors (Lipinski definition) is 2. The average Bonchev–Trinajstić information content (AvgIpc) is 3.13. The first-order chi connectivity index (χ1) is 12.9. The third-order valence-corrected chi connectivity index (χ3v) is 5.22. The van der Waals surface area contributed by atoms with Crippen LogP contribution >= 0.6 is 0 Å². The summed E-state index contributed by atoms with van der Waals surface area (Å²) in [5.74, 6) is -5.67. The van der Waals surface area contributed by atoms with Gasteiger partial charge in [-0.1, -0.05) is 18.2 Å². The van der Waals surface area contributed by atoms with Crippen molar-refractivity contribution < 1.29 is 34.3 Å². The second-order valence-electron chi connectivity index (χ2n) is 6.67. The largest absolute Gasteiger partial charge is 0.544 e. The third kappa shape index (κ3) is 2.57. The van der Waals surface area contributed by atoms with Crippen LogP contribution in [0.25, 0.3) is 0 Å². The van der Waals surface area contributed by atoms with Crippen LogP contribution in [0.1, 0.15) is 11.6 Å². The minimum Gasteiger partial charge on any atom is -0.544 e. The highest BCUT2D eigenvalue weighted by Gasteiger charge is 2.63. The molecular weight excluding hydrogens is 355 g/mol. The van der Waals surface area contributed by atoms with Crippen molar-refractivity contribution in [1.82, 2.24) is 0 Å². The number of nitrogens with two attached hydrogens (primary N) is 1. The summed E-state index contributed by atoms with van der Waals surface area (Å²) < 4.78 is 13.6. The lowest BCUT2D eigenvalue weighted by atomic mass is 9.86. The second-order valence-corrected chi connectivity index (χ2v) is 6.67. The average molecular weight is 370 g/mol. The van der Waals surface area contributed by atoms with E-state index in [-0.39, 0.29) is 11.4 Å². The molecule has 0 saturated carbocycles. The van der Waals surface area contributed by atoms with Gasteiger partial charge in [-0.25, -0.2) is 9.29 Å². The van der Waals surface area contributed by atoms with Gasteiger partial charge in [0.05, 0.1) is 11.3 Å². The standard InChI is InChI=1S/C19H15FN2O5/c20-9-4-3-5-10(8-9)22-17(24)13-14(18(22)25)16(19(26)27)21-15(13)11-6-1-2-7-12(11)23/h1-8,13-16,21,23H,(H,26,27)/t13-,14-,15-,16+/m0/s1. The molecule has 0 unspecified atom stereocenters. The predicted molar refractivity (Wildman–Crippen MR) is 87.4 cm³/mol. The molecule has 0 spiro atoms. The number of para-hydroxylation sites is 1. The van der Waals surface area contributed by atoms with Crippen LogP contribution in [0, 0.1) is 17.7 Å². The molecule has 27 heavy (non-hydrogen) atoms. The Bertz CT molecular complexity index is 963. The number of anilines is 1. The van der Waals surface area contributed by atoms with Gasteiger partial charge in [-0.05, 0) is 30.3 Å². The highest BCUT2D eigenvalue weighted by Crippen LogP contribution is 2.43. The first kappa shape index (κ1) is 17.2. The van der Waals surface area contributed by atoms with E-state index in [0.29, 0.717) is 5.56 Å². The first-order valence-corrected chi connectivity index (χ1v) is 8.37. The van der Waals surface area contributed by atoms with Gasteiger partial charge in [0.25, 0.3) is 0 Å². The maximum absolute atomic E-state index is 13.6. The van der Waals surface area contributed by atoms with Crippen molar-refractivity contribution in [2.75, 3.05) is 4.90 Å². The monoisotopic (exact) mass is 370 g/mol. The molecule has 2 heterocycles. The summed E-state index contributed by atoms with van der Waals surface area (Å²) in [6, 6.07) is 9.20. The number of nitrogens with zero attached hydrogens (tertiary/aromatic N) is 1. The lowest BCUT2D eigenvalue weighted by Gasteiger charge is -2.21. The van der Waals surface area contributed by atoms with Crippen LogP contribution in [0.4, 0.5) is 10.1 Å². The number of fused-ring (bicyclic) bond motifs is 1. The topological polar surface area (TPSA) is 114 Å². The summed E-state index contributed by atoms with van der Waals surface area (Å²) in [4.78, 5) is 38.4. The summed E-state index contributed by atoms with van der Waals surface area (Å²) in [5, 5.41) is 23.1. The van der Waals surface area contributed by atoms with Gasteiger partial charge in [0, 0.05) is 0 Å². The van der Waals surface area contributed by atoms with Crippen molar-refractivity contribution in [3.05, 3.63) is 59.9 Å². The number of carboxylic acid groups (broad SMARTS) is 1. The van der Waals surface area contributed by atoms with E-state index in [1.807, 2.05) is 0 Å². The van der Waals surface area contributed by atoms with Crippen molar-refractivity contribution in [3.8, 4) is 5.75 Å². The molecule has 0 radical (unpaired) electrons. The fourth-order valence-electron chi connectivity index (χ4n) is 4.09. The number of carbonyl (C=O) groups excluding carboxylic acids is 3. The number of quaternary nitrogens is 1. The van der Waals surface area contributed by atoms with Gasteiger partial charge < -0.3 is 20.3 Å². The highest BCUT2D eigenvalue weighted by molar-refractivity contribution is 6.23. The van der Waals surface area contributed by atoms with E-state index in [0.717, 1.165) is 11.0 Å². The van der Waals surface area contributed by atoms with Crippen LogP contribution in [0.5, 0.6) is 5.75 Å². The number of benzene rings is 2. The Labute approximate surface area is 153 Å². The number of imide groups is 1. The van der Waals surface area contributed by atoms with E-state index in [1.165, 1.54) is 29.6 Å². The van der Waals surface area contributed by atoms with E-state index in [9.17, 15) is 29.0 Å². The van der Waals surface area contributed by atoms with Crippen molar-refractivity contribution in [2.45, 2.75) is 12.1 Å². The summed E-state index contributed by atoms with van der Waals surface area (Å²) in [6.45, 7) is 0. The summed E-state index contributed by atoms with van der Waals surface area (Å²) >= 11 is 0. The Kier molecular flexibility index (Phi) is 3.92. The minimum atomic E-state index is -1.47. The normalized spacial score (nSPS) is 27.1. The smallest absolute Gasteiger partial charge is 0.244 e. The quantitative estimate of drug-likeness (QED) is 0.678. The van der Waals surface area contributed by atoms with Gasteiger partial charge >= 0.3 is 0 Å². The molecule has 0 aromatic heterocycles. The van der Waals surface area contributed by atoms with Crippen molar-refractivity contribution >= 4 is 23.5 Å². The Morgan fingerprint density at radius 2 is 1.78 bits per heavy atom. The van der Waals surface area contributed by atoms with Gasteiger partial charge in [-0.3, -0.25) is 9.59 Å². The molecule has 4 atom stereocenters. The number of carboxylic acids is 1. The van der Waals surface area contributed by atoms with Gasteiger partial charge in [-0.15, -0.1) is 0 Å². The number of aliphatic carboxylic acids is 1. The number of hydrogen-bond acceptors (Lipinski definition) is 5. The Morgan fingerprint density at radius 1 is 1.07 bits per heavy atom. The number of rotatable bonds is 3. The Hall–Kier alpha value is -3.26. The number of aromatic hydroxyl groups is 1. The number of carbonyl (C=O) groups is 3. The lowest BCUT2D eigenvalue weighted by Crippen LogP contribution is -2.92. The van der Waals surface area contributed by atoms with Crippen molar-refractivity contribution in [2.24, 2.45) is 11.8 Å². The zero-order valence-electron chi connectivity index (χ0n) is 13.9. The molecule has 2 saturated heterocycles. The van der Waals surface area contributed by atoms with Crippen molar-refractivity contribution in [3.63, 3.8) is 0 Å². The van der Waals surface area contributed by atoms with Crippen LogP contribution in [-0.4, -0.2) is 28.9 Å². The van der Waals surface area contributed by atoms with Crippen LogP contribution in [0.3, 0.4) is 0 Å². The molecular formula is C19H15FN2O5. The van der Waals surface area contributed by atoms with E-state index >= 15 is 0 Å². The molecule has 0 aliphatic carbocycles. The van der Waals surface area contributed by atoms with Crippen LogP contribution in [-0.2, 0) is 14.4 Å². The van der Waals surface area contributed by atoms with E-state index < -0.39 is 47.5 Å². The molecule has 2 amide bonds. The Balaban J connectivity index is 1.80. The third-order valence-electron chi connectivity index (χ3n) is 5.22. The minimum absolute atomic E-state index is 0.0486. The van der Waals surface area contributed by atoms with Gasteiger partial charge in [0.2, 0.25) is 11.8 Å². The number of amides is 2. The number of phenols is 1. The summed E-state index contributed by atoms with van der Waals surface area (Å²) in [6.07, 6.45) is 0. The maximum atomic E-state index is 13.6. The van der Waals surface area contributed by atoms with E-state index in [1.54, 1.807) is 18.2 Å². The number of halogens is 1. The Morgan fingerprint density at radius 3 is 2.44 bits per heavy atom. The van der Waals surface area contributed by atoms with Crippen molar-refractivity contribution in [1.29, 1.82) is 0 Å². The molecule has 2 aromatic carbocycles. The molecule has 138 valence electrons. The molecule has 0 bridgehead atoms. The van der Waals surface area contributed by atoms with Gasteiger partial charge in [0.15, 0.2) is 0 Å². The van der Waals surface area contributed by atoms with Crippen LogP contribution in [0.2, 0.25) is 0 Å². The lowest BCUT2D eigenvalue weighted by molar-refractivity contribution is -0.705. The zero-order valence-corrected chi connectivity index (χ0v) is 13.9. The molecule has 2 fully saturated rings. The fourth-order valence-corrected chi connectivity index (χ4v) is 4.09. The van der Waals surface area contributed by atoms with Crippen LogP contribution in [0.15, 0.2) is 48.5 Å². The molecule has 2 aliphatic rings. The van der Waals surface area contributed by atoms with Gasteiger partial charge in [-0.2, -0.15) is 0 Å². The summed E-state index contributed by atoms with van der Waals surface area (Å²) in [7, 11) is 0. The van der Waals surface area contributed by atoms with E-state index in [2.05, 4.69) is 0 Å².